The number of hydrogen-bond acceptors (Lipinski definition) is 2. The third-order valence-electron chi connectivity index (χ3n) is 3.13. The van der Waals surface area contributed by atoms with E-state index in [2.05, 4.69) is 15.9 Å². The molecule has 1 aliphatic heterocycles. The molecule has 1 fully saturated rings. The van der Waals surface area contributed by atoms with Gasteiger partial charge in [0.1, 0.15) is 5.83 Å². The average molecular weight is 314 g/mol. The first-order valence-electron chi connectivity index (χ1n) is 6.15. The molecular formula is C14H17BrFNO. The van der Waals surface area contributed by atoms with Crippen LogP contribution in [0.2, 0.25) is 0 Å². The van der Waals surface area contributed by atoms with Crippen molar-refractivity contribution < 1.29 is 9.50 Å². The van der Waals surface area contributed by atoms with E-state index in [1.165, 1.54) is 0 Å². The van der Waals surface area contributed by atoms with Gasteiger partial charge in [0.25, 0.3) is 0 Å². The number of hydrogen-bond donors (Lipinski definition) is 1. The molecule has 1 saturated heterocycles. The highest BCUT2D eigenvalue weighted by Crippen LogP contribution is 2.16. The number of aliphatic hydroxyl groups is 1. The topological polar surface area (TPSA) is 23.5 Å². The fourth-order valence-electron chi connectivity index (χ4n) is 2.08. The highest BCUT2D eigenvalue weighted by Gasteiger charge is 2.17. The molecule has 98 valence electrons. The maximum Gasteiger partial charge on any atom is 0.114 e. The number of nitrogens with zero attached hydrogens (tertiary/aromatic N) is 1. The maximum absolute atomic E-state index is 13.8. The first-order chi connectivity index (χ1) is 8.63. The lowest BCUT2D eigenvalue weighted by Crippen LogP contribution is -2.36. The molecule has 2 rings (SSSR count). The number of benzene rings is 1. The summed E-state index contributed by atoms with van der Waals surface area (Å²) in [6.45, 7) is 1.87. The molecule has 1 aromatic rings. The molecule has 2 nitrogen and oxygen atoms in total. The minimum absolute atomic E-state index is 0.131. The molecule has 1 aromatic carbocycles. The van der Waals surface area contributed by atoms with E-state index >= 15 is 0 Å². The normalized spacial score (nSPS) is 19.2. The van der Waals surface area contributed by atoms with Crippen LogP contribution in [-0.4, -0.2) is 35.7 Å². The fraction of sp³-hybridized carbons (Fsp3) is 0.429. The summed E-state index contributed by atoms with van der Waals surface area (Å²) in [5.74, 6) is -0.131. The Balaban J connectivity index is 1.91. The maximum atomic E-state index is 13.8. The molecule has 0 spiro atoms. The van der Waals surface area contributed by atoms with E-state index in [1.54, 1.807) is 6.08 Å². The second-order valence-corrected chi connectivity index (χ2v) is 5.57. The van der Waals surface area contributed by atoms with Gasteiger partial charge in [0.05, 0.1) is 12.6 Å². The highest BCUT2D eigenvalue weighted by molar-refractivity contribution is 9.10. The summed E-state index contributed by atoms with van der Waals surface area (Å²) < 4.78 is 14.8. The van der Waals surface area contributed by atoms with Crippen molar-refractivity contribution in [3.63, 3.8) is 0 Å². The van der Waals surface area contributed by atoms with Crippen molar-refractivity contribution in [1.82, 2.24) is 4.90 Å². The van der Waals surface area contributed by atoms with Crippen molar-refractivity contribution in [2.75, 3.05) is 19.6 Å². The molecule has 1 aliphatic rings. The quantitative estimate of drug-likeness (QED) is 0.926. The lowest BCUT2D eigenvalue weighted by molar-refractivity contribution is 0.0847. The van der Waals surface area contributed by atoms with E-state index in [0.29, 0.717) is 6.54 Å². The van der Waals surface area contributed by atoms with Crippen LogP contribution in [0.4, 0.5) is 4.39 Å². The second-order valence-electron chi connectivity index (χ2n) is 4.65. The summed E-state index contributed by atoms with van der Waals surface area (Å²) in [4.78, 5) is 2.04. The number of halogens is 2. The van der Waals surface area contributed by atoms with Gasteiger partial charge in [-0.3, -0.25) is 4.90 Å². The Morgan fingerprint density at radius 1 is 1.33 bits per heavy atom. The van der Waals surface area contributed by atoms with Crippen molar-refractivity contribution in [1.29, 1.82) is 0 Å². The molecule has 1 N–H and O–H groups in total. The zero-order valence-electron chi connectivity index (χ0n) is 10.1. The van der Waals surface area contributed by atoms with Gasteiger partial charge in [-0.05, 0) is 36.6 Å². The Morgan fingerprint density at radius 2 is 1.94 bits per heavy atom. The van der Waals surface area contributed by atoms with Crippen LogP contribution in [0.5, 0.6) is 0 Å². The van der Waals surface area contributed by atoms with Gasteiger partial charge >= 0.3 is 0 Å². The molecule has 0 unspecified atom stereocenters. The van der Waals surface area contributed by atoms with Crippen LogP contribution in [0.1, 0.15) is 18.4 Å². The van der Waals surface area contributed by atoms with Crippen LogP contribution in [0.15, 0.2) is 34.6 Å². The highest BCUT2D eigenvalue weighted by atomic mass is 79.9. The van der Waals surface area contributed by atoms with Gasteiger partial charge in [0.2, 0.25) is 0 Å². The molecule has 0 aliphatic carbocycles. The predicted octanol–water partition coefficient (Wildman–Crippen LogP) is 3.22. The Bertz CT molecular complexity index is 410. The van der Waals surface area contributed by atoms with Crippen LogP contribution < -0.4 is 0 Å². The van der Waals surface area contributed by atoms with Crippen molar-refractivity contribution >= 4 is 22.0 Å². The standard InChI is InChI=1S/C14H17BrFNO/c15-12-3-1-11(2-4-12)9-13(16)10-17-7-5-14(18)6-8-17/h1-4,9,14,18H,5-8,10H2/b13-9-. The smallest absolute Gasteiger partial charge is 0.114 e. The molecule has 0 radical (unpaired) electrons. The Morgan fingerprint density at radius 3 is 2.56 bits per heavy atom. The molecule has 18 heavy (non-hydrogen) atoms. The van der Waals surface area contributed by atoms with Gasteiger partial charge in [0.15, 0.2) is 0 Å². The Hall–Kier alpha value is -0.710. The summed E-state index contributed by atoms with van der Waals surface area (Å²) in [7, 11) is 0. The van der Waals surface area contributed by atoms with Crippen LogP contribution in [0.25, 0.3) is 6.08 Å². The van der Waals surface area contributed by atoms with Gasteiger partial charge in [-0.2, -0.15) is 0 Å². The molecule has 0 amide bonds. The summed E-state index contributed by atoms with van der Waals surface area (Å²) in [5, 5.41) is 9.38. The zero-order valence-corrected chi connectivity index (χ0v) is 11.7. The van der Waals surface area contributed by atoms with Crippen LogP contribution in [-0.2, 0) is 0 Å². The lowest BCUT2D eigenvalue weighted by atomic mass is 10.1. The van der Waals surface area contributed by atoms with E-state index in [4.69, 9.17) is 0 Å². The number of likely N-dealkylation sites (tertiary alicyclic amines) is 1. The second kappa shape index (κ2) is 6.45. The molecule has 0 atom stereocenters. The van der Waals surface area contributed by atoms with Gasteiger partial charge in [-0.25, -0.2) is 4.39 Å². The summed E-state index contributed by atoms with van der Waals surface area (Å²) in [6, 6.07) is 7.56. The third-order valence-corrected chi connectivity index (χ3v) is 3.65. The van der Waals surface area contributed by atoms with Gasteiger partial charge < -0.3 is 5.11 Å². The minimum atomic E-state index is -0.209. The van der Waals surface area contributed by atoms with Crippen LogP contribution >= 0.6 is 15.9 Å². The minimum Gasteiger partial charge on any atom is -0.393 e. The van der Waals surface area contributed by atoms with Crippen LogP contribution in [0.3, 0.4) is 0 Å². The number of rotatable bonds is 3. The molecular weight excluding hydrogens is 297 g/mol. The Labute approximate surface area is 115 Å². The Kier molecular flexibility index (Phi) is 4.92. The van der Waals surface area contributed by atoms with Gasteiger partial charge in [-0.1, -0.05) is 28.1 Å². The molecule has 4 heteroatoms. The SMILES string of the molecule is OC1CCN(C/C(F)=C/c2ccc(Br)cc2)CC1. The van der Waals surface area contributed by atoms with E-state index < -0.39 is 0 Å². The first-order valence-corrected chi connectivity index (χ1v) is 6.95. The van der Waals surface area contributed by atoms with Crippen molar-refractivity contribution in [2.24, 2.45) is 0 Å². The summed E-state index contributed by atoms with van der Waals surface area (Å²) >= 11 is 3.35. The van der Waals surface area contributed by atoms with Crippen LogP contribution in [0, 0.1) is 0 Å². The van der Waals surface area contributed by atoms with Crippen molar-refractivity contribution in [3.05, 3.63) is 40.1 Å². The first kappa shape index (κ1) is 13.7. The van der Waals surface area contributed by atoms with Crippen molar-refractivity contribution in [3.8, 4) is 0 Å². The van der Waals surface area contributed by atoms with Crippen molar-refractivity contribution in [2.45, 2.75) is 18.9 Å². The third kappa shape index (κ3) is 4.19. The van der Waals surface area contributed by atoms with E-state index in [-0.39, 0.29) is 11.9 Å². The predicted molar refractivity (Wildman–Crippen MR) is 74.9 cm³/mol. The molecule has 0 bridgehead atoms. The monoisotopic (exact) mass is 313 g/mol. The largest absolute Gasteiger partial charge is 0.393 e. The van der Waals surface area contributed by atoms with E-state index in [1.807, 2.05) is 29.2 Å². The van der Waals surface area contributed by atoms with Gasteiger partial charge in [0, 0.05) is 17.6 Å². The zero-order chi connectivity index (χ0) is 13.0. The summed E-state index contributed by atoms with van der Waals surface area (Å²) in [6.07, 6.45) is 2.84. The molecule has 0 saturated carbocycles. The number of aliphatic hydroxyl groups excluding tert-OH is 1. The molecule has 0 aromatic heterocycles. The van der Waals surface area contributed by atoms with E-state index in [0.717, 1.165) is 36.0 Å². The summed E-state index contributed by atoms with van der Waals surface area (Å²) in [5.41, 5.74) is 0.868. The fourth-order valence-corrected chi connectivity index (χ4v) is 2.34. The van der Waals surface area contributed by atoms with Gasteiger partial charge in [-0.15, -0.1) is 0 Å². The lowest BCUT2D eigenvalue weighted by Gasteiger charge is -2.28. The molecule has 1 heterocycles. The average Bonchev–Trinajstić information content (AvgIpc) is 2.35. The van der Waals surface area contributed by atoms with E-state index in [9.17, 15) is 9.50 Å². The number of piperidine rings is 1.